The van der Waals surface area contributed by atoms with Gasteiger partial charge in [0.25, 0.3) is 5.56 Å². The average Bonchev–Trinajstić information content (AvgIpc) is 2.89. The lowest BCUT2D eigenvalue weighted by Crippen LogP contribution is -2.25. The molecule has 0 spiro atoms. The summed E-state index contributed by atoms with van der Waals surface area (Å²) >= 11 is 1.54. The van der Waals surface area contributed by atoms with Gasteiger partial charge in [0, 0.05) is 29.7 Å². The Morgan fingerprint density at radius 1 is 1.19 bits per heavy atom. The van der Waals surface area contributed by atoms with Gasteiger partial charge in [0.2, 0.25) is 0 Å². The van der Waals surface area contributed by atoms with E-state index in [0.29, 0.717) is 13.1 Å². The first-order chi connectivity index (χ1) is 12.4. The minimum atomic E-state index is -0.259. The van der Waals surface area contributed by atoms with E-state index in [2.05, 4.69) is 4.90 Å². The number of thiazole rings is 1. The van der Waals surface area contributed by atoms with Crippen LogP contribution in [0.15, 0.2) is 35.1 Å². The fourth-order valence-electron chi connectivity index (χ4n) is 2.97. The maximum atomic E-state index is 13.2. The Hall–Kier alpha value is -2.25. The molecule has 0 radical (unpaired) electrons. The first kappa shape index (κ1) is 18.5. The summed E-state index contributed by atoms with van der Waals surface area (Å²) < 4.78 is 14.9. The van der Waals surface area contributed by atoms with Crippen molar-refractivity contribution in [2.24, 2.45) is 0 Å². The maximum absolute atomic E-state index is 13.2. The van der Waals surface area contributed by atoms with Gasteiger partial charge in [-0.1, -0.05) is 0 Å². The van der Waals surface area contributed by atoms with E-state index in [1.165, 1.54) is 23.5 Å². The van der Waals surface area contributed by atoms with Crippen molar-refractivity contribution in [3.63, 3.8) is 0 Å². The molecule has 3 aromatic rings. The van der Waals surface area contributed by atoms with Crippen molar-refractivity contribution in [2.45, 2.75) is 26.9 Å². The van der Waals surface area contributed by atoms with Gasteiger partial charge in [-0.15, -0.1) is 11.3 Å². The molecule has 0 aliphatic carbocycles. The number of nitrogens with zero attached hydrogens (tertiary/aromatic N) is 4. The minimum absolute atomic E-state index is 0.0543. The fourth-order valence-corrected chi connectivity index (χ4v) is 3.97. The van der Waals surface area contributed by atoms with Crippen LogP contribution in [-0.4, -0.2) is 34.9 Å². The highest BCUT2D eigenvalue weighted by atomic mass is 32.1. The average molecular weight is 374 g/mol. The van der Waals surface area contributed by atoms with Crippen LogP contribution < -0.4 is 10.5 Å². The number of anilines is 1. The summed E-state index contributed by atoms with van der Waals surface area (Å²) in [5, 5.41) is 0. The fraction of sp³-hybridized carbons (Fsp3) is 0.368. The summed E-state index contributed by atoms with van der Waals surface area (Å²) in [6.07, 6.45) is 0. The Kier molecular flexibility index (Phi) is 5.38. The van der Waals surface area contributed by atoms with E-state index in [9.17, 15) is 9.18 Å². The molecule has 1 aromatic carbocycles. The molecule has 0 aliphatic rings. The SMILES string of the molecule is CCN(Cc1cc(=O)n2c(CN(C)C)c(C)sc2n1)c1ccc(F)cc1. The summed E-state index contributed by atoms with van der Waals surface area (Å²) in [6.45, 7) is 5.99. The smallest absolute Gasteiger partial charge is 0.259 e. The van der Waals surface area contributed by atoms with Gasteiger partial charge in [-0.2, -0.15) is 0 Å². The number of hydrogen-bond donors (Lipinski definition) is 0. The van der Waals surface area contributed by atoms with Crippen LogP contribution in [0.1, 0.15) is 23.2 Å². The lowest BCUT2D eigenvalue weighted by Gasteiger charge is -2.22. The maximum Gasteiger partial charge on any atom is 0.259 e. The number of aromatic nitrogens is 2. The second-order valence-electron chi connectivity index (χ2n) is 6.54. The molecular formula is C19H23FN4OS. The molecule has 138 valence electrons. The second kappa shape index (κ2) is 7.55. The van der Waals surface area contributed by atoms with E-state index in [1.807, 2.05) is 32.8 Å². The standard InChI is InChI=1S/C19H23FN4OS/c1-5-23(16-8-6-14(20)7-9-16)11-15-10-18(25)24-17(12-22(3)4)13(2)26-19(24)21-15/h6-10H,5,11-12H2,1-4H3. The van der Waals surface area contributed by atoms with Crippen LogP contribution in [0.5, 0.6) is 0 Å². The molecule has 5 nitrogen and oxygen atoms in total. The zero-order valence-corrected chi connectivity index (χ0v) is 16.3. The topological polar surface area (TPSA) is 40.9 Å². The lowest BCUT2D eigenvalue weighted by molar-refractivity contribution is 0.394. The molecule has 3 rings (SSSR count). The van der Waals surface area contributed by atoms with Gasteiger partial charge in [-0.25, -0.2) is 9.37 Å². The zero-order valence-electron chi connectivity index (χ0n) is 15.5. The van der Waals surface area contributed by atoms with Crippen LogP contribution in [0.2, 0.25) is 0 Å². The van der Waals surface area contributed by atoms with Crippen molar-refractivity contribution in [3.05, 3.63) is 62.8 Å². The van der Waals surface area contributed by atoms with Crippen LogP contribution in [0.3, 0.4) is 0 Å². The number of halogens is 1. The summed E-state index contributed by atoms with van der Waals surface area (Å²) in [5.41, 5.74) is 2.57. The number of fused-ring (bicyclic) bond motifs is 1. The first-order valence-electron chi connectivity index (χ1n) is 8.55. The molecule has 26 heavy (non-hydrogen) atoms. The van der Waals surface area contributed by atoms with Gasteiger partial charge < -0.3 is 9.80 Å². The zero-order chi connectivity index (χ0) is 18.8. The molecule has 0 aliphatic heterocycles. The molecule has 0 fully saturated rings. The number of aryl methyl sites for hydroxylation is 1. The van der Waals surface area contributed by atoms with Crippen molar-refractivity contribution in [3.8, 4) is 0 Å². The van der Waals surface area contributed by atoms with E-state index >= 15 is 0 Å². The normalized spacial score (nSPS) is 11.5. The van der Waals surface area contributed by atoms with Crippen LogP contribution in [0.25, 0.3) is 4.96 Å². The highest BCUT2D eigenvalue weighted by Crippen LogP contribution is 2.22. The highest BCUT2D eigenvalue weighted by Gasteiger charge is 2.15. The Labute approximate surface area is 156 Å². The molecule has 0 unspecified atom stereocenters. The van der Waals surface area contributed by atoms with Gasteiger partial charge in [0.05, 0.1) is 17.9 Å². The molecule has 2 heterocycles. The predicted molar refractivity (Wildman–Crippen MR) is 105 cm³/mol. The quantitative estimate of drug-likeness (QED) is 0.664. The van der Waals surface area contributed by atoms with Gasteiger partial charge in [-0.05, 0) is 52.2 Å². The number of hydrogen-bond acceptors (Lipinski definition) is 5. The summed E-state index contributed by atoms with van der Waals surface area (Å²) in [5.74, 6) is -0.259. The van der Waals surface area contributed by atoms with Crippen molar-refractivity contribution in [1.29, 1.82) is 0 Å². The van der Waals surface area contributed by atoms with Crippen molar-refractivity contribution in [2.75, 3.05) is 25.5 Å². The third-order valence-electron chi connectivity index (χ3n) is 4.25. The molecular weight excluding hydrogens is 351 g/mol. The highest BCUT2D eigenvalue weighted by molar-refractivity contribution is 7.17. The molecule has 0 saturated carbocycles. The Morgan fingerprint density at radius 3 is 2.50 bits per heavy atom. The lowest BCUT2D eigenvalue weighted by atomic mass is 10.2. The van der Waals surface area contributed by atoms with Crippen molar-refractivity contribution >= 4 is 22.0 Å². The Morgan fingerprint density at radius 2 is 1.88 bits per heavy atom. The Bertz CT molecular complexity index is 962. The van der Waals surface area contributed by atoms with E-state index in [4.69, 9.17) is 4.98 Å². The molecule has 0 atom stereocenters. The van der Waals surface area contributed by atoms with Crippen molar-refractivity contribution < 1.29 is 4.39 Å². The van der Waals surface area contributed by atoms with Gasteiger partial charge >= 0.3 is 0 Å². The van der Waals surface area contributed by atoms with E-state index in [1.54, 1.807) is 22.6 Å². The summed E-state index contributed by atoms with van der Waals surface area (Å²) in [6, 6.07) is 7.98. The summed E-state index contributed by atoms with van der Waals surface area (Å²) in [7, 11) is 3.97. The van der Waals surface area contributed by atoms with Crippen molar-refractivity contribution in [1.82, 2.24) is 14.3 Å². The monoisotopic (exact) mass is 374 g/mol. The Balaban J connectivity index is 1.96. The predicted octanol–water partition coefficient (Wildman–Crippen LogP) is 3.29. The second-order valence-corrected chi connectivity index (χ2v) is 7.72. The van der Waals surface area contributed by atoms with E-state index < -0.39 is 0 Å². The number of benzene rings is 1. The number of rotatable bonds is 6. The molecule has 0 saturated heterocycles. The van der Waals surface area contributed by atoms with Crippen LogP contribution in [0.4, 0.5) is 10.1 Å². The molecule has 7 heteroatoms. The van der Waals surface area contributed by atoms with Gasteiger partial charge in [0.15, 0.2) is 4.96 Å². The van der Waals surface area contributed by atoms with Crippen LogP contribution in [-0.2, 0) is 13.1 Å². The van der Waals surface area contributed by atoms with Crippen LogP contribution >= 0.6 is 11.3 Å². The molecule has 0 amide bonds. The van der Waals surface area contributed by atoms with E-state index in [-0.39, 0.29) is 11.4 Å². The van der Waals surface area contributed by atoms with Crippen LogP contribution in [0, 0.1) is 12.7 Å². The summed E-state index contributed by atoms with van der Waals surface area (Å²) in [4.78, 5) is 23.3. The molecule has 0 N–H and O–H groups in total. The first-order valence-corrected chi connectivity index (χ1v) is 9.37. The molecule has 0 bridgehead atoms. The third kappa shape index (κ3) is 3.78. The molecule has 2 aromatic heterocycles. The van der Waals surface area contributed by atoms with Gasteiger partial charge in [0.1, 0.15) is 5.82 Å². The largest absolute Gasteiger partial charge is 0.366 e. The van der Waals surface area contributed by atoms with E-state index in [0.717, 1.165) is 33.5 Å². The third-order valence-corrected chi connectivity index (χ3v) is 5.25. The minimum Gasteiger partial charge on any atom is -0.366 e. The van der Waals surface area contributed by atoms with Gasteiger partial charge in [-0.3, -0.25) is 9.20 Å².